The van der Waals surface area contributed by atoms with Crippen LogP contribution in [0.2, 0.25) is 0 Å². The van der Waals surface area contributed by atoms with Crippen molar-refractivity contribution in [2.75, 3.05) is 18.1 Å². The number of likely N-dealkylation sites (tertiary alicyclic amines) is 1. The number of nitrogens with zero attached hydrogens (tertiary/aromatic N) is 1. The van der Waals surface area contributed by atoms with E-state index in [-0.39, 0.29) is 54.6 Å². The Bertz CT molecular complexity index is 830. The number of amides is 2. The van der Waals surface area contributed by atoms with Crippen LogP contribution < -0.4 is 10.1 Å². The van der Waals surface area contributed by atoms with Gasteiger partial charge < -0.3 is 15.0 Å². The fourth-order valence-electron chi connectivity index (χ4n) is 3.47. The van der Waals surface area contributed by atoms with E-state index in [9.17, 15) is 26.8 Å². The largest absolute Gasteiger partial charge is 0.434 e. The normalized spacial score (nSPS) is 24.4. The number of rotatable bonds is 6. The Balaban J connectivity index is 1.57. The number of sulfone groups is 1. The predicted octanol–water partition coefficient (Wildman–Crippen LogP) is 0.940. The molecule has 0 aromatic heterocycles. The van der Waals surface area contributed by atoms with Gasteiger partial charge in [0.05, 0.1) is 17.4 Å². The van der Waals surface area contributed by atoms with E-state index >= 15 is 0 Å². The summed E-state index contributed by atoms with van der Waals surface area (Å²) >= 11 is 0. The summed E-state index contributed by atoms with van der Waals surface area (Å²) in [6.07, 6.45) is 0.401. The summed E-state index contributed by atoms with van der Waals surface area (Å²) in [5, 5.41) is 2.64. The molecule has 10 heteroatoms. The molecule has 0 radical (unpaired) electrons. The van der Waals surface area contributed by atoms with Gasteiger partial charge in [0.1, 0.15) is 5.75 Å². The Morgan fingerprint density at radius 1 is 1.33 bits per heavy atom. The molecule has 2 heterocycles. The van der Waals surface area contributed by atoms with Crippen molar-refractivity contribution < 1.29 is 31.5 Å². The topological polar surface area (TPSA) is 92.8 Å². The lowest BCUT2D eigenvalue weighted by Crippen LogP contribution is -2.39. The number of carbonyl (C=O) groups excluding carboxylic acids is 2. The van der Waals surface area contributed by atoms with Crippen LogP contribution >= 0.6 is 0 Å². The molecule has 27 heavy (non-hydrogen) atoms. The van der Waals surface area contributed by atoms with Crippen molar-refractivity contribution in [1.29, 1.82) is 0 Å². The number of para-hydroxylation sites is 1. The molecule has 1 aromatic carbocycles. The second-order valence-electron chi connectivity index (χ2n) is 6.71. The van der Waals surface area contributed by atoms with E-state index in [0.717, 1.165) is 0 Å². The van der Waals surface area contributed by atoms with Gasteiger partial charge in [-0.05, 0) is 12.5 Å². The number of ether oxygens (including phenoxy) is 1. The van der Waals surface area contributed by atoms with Gasteiger partial charge in [-0.15, -0.1) is 0 Å². The standard InChI is InChI=1S/C17H20F2N2O5S/c18-17(19)26-14-4-2-1-3-11(14)8-20-16(23)12-7-15(22)21(9-12)13-5-6-27(24,25)10-13/h1-4,12-13,17H,5-10H2,(H,20,23)/t12-,13-/m1/s1. The number of carbonyl (C=O) groups is 2. The number of halogens is 2. The monoisotopic (exact) mass is 402 g/mol. The predicted molar refractivity (Wildman–Crippen MR) is 91.8 cm³/mol. The summed E-state index contributed by atoms with van der Waals surface area (Å²) in [7, 11) is -3.12. The first-order valence-corrected chi connectivity index (χ1v) is 10.4. The number of nitrogens with one attached hydrogen (secondary N) is 1. The highest BCUT2D eigenvalue weighted by Gasteiger charge is 2.41. The number of hydrogen-bond acceptors (Lipinski definition) is 5. The van der Waals surface area contributed by atoms with Gasteiger partial charge in [-0.1, -0.05) is 18.2 Å². The maximum Gasteiger partial charge on any atom is 0.387 e. The molecule has 7 nitrogen and oxygen atoms in total. The van der Waals surface area contributed by atoms with E-state index in [1.807, 2.05) is 0 Å². The molecule has 2 saturated heterocycles. The molecule has 0 bridgehead atoms. The third-order valence-electron chi connectivity index (χ3n) is 4.82. The minimum Gasteiger partial charge on any atom is -0.434 e. The Kier molecular flexibility index (Phi) is 5.64. The van der Waals surface area contributed by atoms with Gasteiger partial charge in [-0.3, -0.25) is 9.59 Å². The molecular formula is C17H20F2N2O5S. The molecular weight excluding hydrogens is 382 g/mol. The minimum atomic E-state index is -3.12. The zero-order valence-corrected chi connectivity index (χ0v) is 15.3. The molecule has 0 saturated carbocycles. The van der Waals surface area contributed by atoms with Gasteiger partial charge in [-0.25, -0.2) is 8.42 Å². The molecule has 0 aliphatic carbocycles. The van der Waals surface area contributed by atoms with Gasteiger partial charge in [0.15, 0.2) is 9.84 Å². The zero-order chi connectivity index (χ0) is 19.6. The fraction of sp³-hybridized carbons (Fsp3) is 0.529. The Morgan fingerprint density at radius 2 is 2.07 bits per heavy atom. The van der Waals surface area contributed by atoms with Crippen LogP contribution in [0, 0.1) is 5.92 Å². The average Bonchev–Trinajstić information content (AvgIpc) is 3.15. The molecule has 148 valence electrons. The zero-order valence-electron chi connectivity index (χ0n) is 14.4. The van der Waals surface area contributed by atoms with Crippen molar-refractivity contribution in [2.24, 2.45) is 5.92 Å². The number of alkyl halides is 2. The van der Waals surface area contributed by atoms with Gasteiger partial charge in [-0.2, -0.15) is 8.78 Å². The lowest BCUT2D eigenvalue weighted by atomic mass is 10.1. The van der Waals surface area contributed by atoms with Crippen LogP contribution in [0.3, 0.4) is 0 Å². The van der Waals surface area contributed by atoms with Crippen LogP contribution in [0.15, 0.2) is 24.3 Å². The van der Waals surface area contributed by atoms with E-state index in [4.69, 9.17) is 0 Å². The lowest BCUT2D eigenvalue weighted by molar-refractivity contribution is -0.130. The second kappa shape index (κ2) is 7.79. The molecule has 0 spiro atoms. The van der Waals surface area contributed by atoms with Crippen LogP contribution in [0.5, 0.6) is 5.75 Å². The molecule has 3 rings (SSSR count). The van der Waals surface area contributed by atoms with Crippen LogP contribution in [0.25, 0.3) is 0 Å². The van der Waals surface area contributed by atoms with Crippen molar-refractivity contribution in [1.82, 2.24) is 10.2 Å². The van der Waals surface area contributed by atoms with Gasteiger partial charge in [0.2, 0.25) is 11.8 Å². The SMILES string of the molecule is O=C(NCc1ccccc1OC(F)F)[C@@H]1CC(=O)N([C@@H]2CCS(=O)(=O)C2)C1. The third kappa shape index (κ3) is 4.74. The van der Waals surface area contributed by atoms with Gasteiger partial charge in [0, 0.05) is 31.1 Å². The molecule has 2 atom stereocenters. The Morgan fingerprint density at radius 3 is 2.74 bits per heavy atom. The first-order valence-electron chi connectivity index (χ1n) is 8.55. The Hall–Kier alpha value is -2.23. The maximum absolute atomic E-state index is 12.4. The molecule has 2 aliphatic rings. The smallest absolute Gasteiger partial charge is 0.387 e. The van der Waals surface area contributed by atoms with Crippen molar-refractivity contribution in [2.45, 2.75) is 32.0 Å². The summed E-state index contributed by atoms with van der Waals surface area (Å²) in [4.78, 5) is 26.0. The van der Waals surface area contributed by atoms with E-state index in [2.05, 4.69) is 10.1 Å². The number of benzene rings is 1. The first kappa shape index (κ1) is 19.5. The summed E-state index contributed by atoms with van der Waals surface area (Å²) in [5.74, 6) is -1.24. The number of hydrogen-bond donors (Lipinski definition) is 1. The van der Waals surface area contributed by atoms with Crippen molar-refractivity contribution >= 4 is 21.7 Å². The molecule has 2 aliphatic heterocycles. The highest BCUT2D eigenvalue weighted by molar-refractivity contribution is 7.91. The van der Waals surface area contributed by atoms with E-state index in [1.54, 1.807) is 18.2 Å². The quantitative estimate of drug-likeness (QED) is 0.765. The average molecular weight is 402 g/mol. The highest BCUT2D eigenvalue weighted by Crippen LogP contribution is 2.26. The van der Waals surface area contributed by atoms with Crippen LogP contribution in [-0.4, -0.2) is 55.8 Å². The third-order valence-corrected chi connectivity index (χ3v) is 6.57. The summed E-state index contributed by atoms with van der Waals surface area (Å²) in [6.45, 7) is -2.81. The highest BCUT2D eigenvalue weighted by atomic mass is 32.2. The maximum atomic E-state index is 12.4. The first-order chi connectivity index (χ1) is 12.7. The van der Waals surface area contributed by atoms with Crippen molar-refractivity contribution in [3.05, 3.63) is 29.8 Å². The lowest BCUT2D eigenvalue weighted by Gasteiger charge is -2.23. The van der Waals surface area contributed by atoms with Gasteiger partial charge >= 0.3 is 6.61 Å². The fourth-order valence-corrected chi connectivity index (χ4v) is 5.20. The second-order valence-corrected chi connectivity index (χ2v) is 8.94. The van der Waals surface area contributed by atoms with Crippen LogP contribution in [0.1, 0.15) is 18.4 Å². The summed E-state index contributed by atoms with van der Waals surface area (Å²) in [5.41, 5.74) is 0.397. The molecule has 1 aromatic rings. The molecule has 1 N–H and O–H groups in total. The molecule has 2 fully saturated rings. The van der Waals surface area contributed by atoms with Gasteiger partial charge in [0.25, 0.3) is 0 Å². The van der Waals surface area contributed by atoms with E-state index in [1.165, 1.54) is 11.0 Å². The molecule has 0 unspecified atom stereocenters. The van der Waals surface area contributed by atoms with Crippen molar-refractivity contribution in [3.8, 4) is 5.75 Å². The Labute approximate surface area is 155 Å². The van der Waals surface area contributed by atoms with Crippen molar-refractivity contribution in [3.63, 3.8) is 0 Å². The summed E-state index contributed by atoms with van der Waals surface area (Å²) < 4.78 is 52.5. The van der Waals surface area contributed by atoms with E-state index < -0.39 is 22.4 Å². The molecule has 2 amide bonds. The summed E-state index contributed by atoms with van der Waals surface area (Å²) in [6, 6.07) is 5.76. The van der Waals surface area contributed by atoms with E-state index in [0.29, 0.717) is 12.0 Å². The van der Waals surface area contributed by atoms with Crippen LogP contribution in [0.4, 0.5) is 8.78 Å². The van der Waals surface area contributed by atoms with Crippen LogP contribution in [-0.2, 0) is 26.0 Å². The minimum absolute atomic E-state index is 0.00970.